The lowest BCUT2D eigenvalue weighted by atomic mass is 9.46. The molecule has 1 aromatic heterocycles. The Morgan fingerprint density at radius 2 is 2.06 bits per heavy atom. The Labute approximate surface area is 206 Å². The number of nitrogens with zero attached hydrogens (tertiary/aromatic N) is 1. The lowest BCUT2D eigenvalue weighted by Gasteiger charge is -2.59. The van der Waals surface area contributed by atoms with Crippen molar-refractivity contribution in [2.75, 3.05) is 13.2 Å². The minimum atomic E-state index is -0.528. The van der Waals surface area contributed by atoms with Crippen molar-refractivity contribution in [3.8, 4) is 5.75 Å². The van der Waals surface area contributed by atoms with Crippen LogP contribution in [0.15, 0.2) is 60.3 Å². The predicted molar refractivity (Wildman–Crippen MR) is 134 cm³/mol. The highest BCUT2D eigenvalue weighted by atomic mass is 16.6. The summed E-state index contributed by atoms with van der Waals surface area (Å²) in [5.74, 6) is 0.681. The summed E-state index contributed by atoms with van der Waals surface area (Å²) < 4.78 is 11.7. The average molecular weight is 478 g/mol. The minimum Gasteiger partial charge on any atom is -0.481 e. The van der Waals surface area contributed by atoms with Gasteiger partial charge in [-0.3, -0.25) is 4.98 Å². The Morgan fingerprint density at radius 1 is 1.26 bits per heavy atom. The van der Waals surface area contributed by atoms with E-state index in [9.17, 15) is 15.0 Å². The Kier molecular flexibility index (Phi) is 6.22. The lowest BCUT2D eigenvalue weighted by Crippen LogP contribution is -2.57. The number of aliphatic hydroxyl groups is 2. The van der Waals surface area contributed by atoms with E-state index in [1.165, 1.54) is 5.57 Å². The molecule has 6 heteroatoms. The molecule has 0 unspecified atom stereocenters. The van der Waals surface area contributed by atoms with Crippen molar-refractivity contribution in [1.29, 1.82) is 0 Å². The van der Waals surface area contributed by atoms with E-state index in [2.05, 4.69) is 18.5 Å². The molecule has 3 aliphatic rings. The smallest absolute Gasteiger partial charge is 0.337 e. The molecule has 2 heterocycles. The maximum Gasteiger partial charge on any atom is 0.337 e. The van der Waals surface area contributed by atoms with Gasteiger partial charge >= 0.3 is 5.97 Å². The van der Waals surface area contributed by atoms with Crippen molar-refractivity contribution >= 4 is 16.9 Å². The van der Waals surface area contributed by atoms with Crippen molar-refractivity contribution < 1.29 is 24.5 Å². The molecule has 6 nitrogen and oxygen atoms in total. The van der Waals surface area contributed by atoms with Crippen LogP contribution < -0.4 is 4.74 Å². The first-order valence-electron chi connectivity index (χ1n) is 12.6. The number of cyclic esters (lactones) is 1. The standard InChI is InChI=1S/C29H35NO5/c1-18-8-11-25-28(2,14-12-26(32)29(25,3)17-31)21(18)10-9-20-24(16-34-27(20)33)35-23-13-15-30-22-7-5-4-6-19(22)23/h4-7,9,13,15,21,24-26,31-32H,1,8,10-12,14,16-17H2,2-3H3/b20-9+/t21-,24+,25+,26-,28+,29+/m1/s1. The molecule has 1 saturated heterocycles. The van der Waals surface area contributed by atoms with Crippen LogP contribution in [0.4, 0.5) is 0 Å². The van der Waals surface area contributed by atoms with Crippen LogP contribution in [0.25, 0.3) is 10.9 Å². The van der Waals surface area contributed by atoms with Gasteiger partial charge in [0.2, 0.25) is 0 Å². The molecule has 186 valence electrons. The van der Waals surface area contributed by atoms with Gasteiger partial charge < -0.3 is 19.7 Å². The number of fused-ring (bicyclic) bond motifs is 2. The summed E-state index contributed by atoms with van der Waals surface area (Å²) in [6, 6.07) is 9.59. The maximum absolute atomic E-state index is 12.7. The second-order valence-corrected chi connectivity index (χ2v) is 11.0. The molecular formula is C29H35NO5. The van der Waals surface area contributed by atoms with Gasteiger partial charge in [0, 0.05) is 17.0 Å². The number of carbonyl (C=O) groups excluding carboxylic acids is 1. The second-order valence-electron chi connectivity index (χ2n) is 11.0. The number of aromatic nitrogens is 1. The van der Waals surface area contributed by atoms with E-state index in [1.807, 2.05) is 43.3 Å². The number of para-hydroxylation sites is 1. The van der Waals surface area contributed by atoms with E-state index >= 15 is 0 Å². The minimum absolute atomic E-state index is 0.0309. The van der Waals surface area contributed by atoms with Crippen molar-refractivity contribution in [3.05, 3.63) is 60.3 Å². The highest BCUT2D eigenvalue weighted by Crippen LogP contribution is 2.61. The summed E-state index contributed by atoms with van der Waals surface area (Å²) in [6.07, 6.45) is 6.67. The summed E-state index contributed by atoms with van der Waals surface area (Å²) in [5.41, 5.74) is 1.93. The van der Waals surface area contributed by atoms with E-state index in [-0.39, 0.29) is 36.4 Å². The van der Waals surface area contributed by atoms with Crippen LogP contribution in [-0.4, -0.2) is 46.6 Å². The largest absolute Gasteiger partial charge is 0.481 e. The molecule has 1 aromatic carbocycles. The molecule has 3 fully saturated rings. The van der Waals surface area contributed by atoms with Crippen LogP contribution in [-0.2, 0) is 9.53 Å². The van der Waals surface area contributed by atoms with E-state index in [4.69, 9.17) is 9.47 Å². The molecule has 2 aliphatic carbocycles. The van der Waals surface area contributed by atoms with Crippen LogP contribution in [0.2, 0.25) is 0 Å². The summed E-state index contributed by atoms with van der Waals surface area (Å²) in [4.78, 5) is 17.1. The number of hydrogen-bond donors (Lipinski definition) is 2. The van der Waals surface area contributed by atoms with Gasteiger partial charge in [-0.1, -0.05) is 44.2 Å². The van der Waals surface area contributed by atoms with Crippen LogP contribution in [0.5, 0.6) is 5.75 Å². The molecule has 2 saturated carbocycles. The molecule has 0 amide bonds. The van der Waals surface area contributed by atoms with Crippen molar-refractivity contribution in [2.24, 2.45) is 22.7 Å². The Morgan fingerprint density at radius 3 is 2.86 bits per heavy atom. The van der Waals surface area contributed by atoms with Gasteiger partial charge in [0.05, 0.1) is 23.8 Å². The zero-order chi connectivity index (χ0) is 24.8. The van der Waals surface area contributed by atoms with Gasteiger partial charge in [-0.15, -0.1) is 0 Å². The molecule has 6 atom stereocenters. The average Bonchev–Trinajstić information content (AvgIpc) is 3.20. The SMILES string of the molecule is C=C1CC[C@@H]2[C@](C)(CO)[C@H](O)CC[C@@]2(C)[C@@H]1C/C=C1/C(=O)OC[C@@H]1Oc1ccnc2ccccc12. The predicted octanol–water partition coefficient (Wildman–Crippen LogP) is 4.60. The monoisotopic (exact) mass is 477 g/mol. The summed E-state index contributed by atoms with van der Waals surface area (Å²) in [5, 5.41) is 21.9. The summed E-state index contributed by atoms with van der Waals surface area (Å²) in [7, 11) is 0. The van der Waals surface area contributed by atoms with Gasteiger partial charge in [-0.2, -0.15) is 0 Å². The third-order valence-electron chi connectivity index (χ3n) is 9.09. The Balaban J connectivity index is 1.41. The van der Waals surface area contributed by atoms with Crippen LogP contribution >= 0.6 is 0 Å². The number of aliphatic hydroxyl groups excluding tert-OH is 2. The number of pyridine rings is 1. The molecular weight excluding hydrogens is 442 g/mol. The first-order chi connectivity index (χ1) is 16.8. The van der Waals surface area contributed by atoms with Gasteiger partial charge in [-0.25, -0.2) is 4.79 Å². The number of benzene rings is 1. The van der Waals surface area contributed by atoms with Crippen LogP contribution in [0.1, 0.15) is 46.0 Å². The fourth-order valence-corrected chi connectivity index (χ4v) is 6.97. The molecule has 1 aliphatic heterocycles. The lowest BCUT2D eigenvalue weighted by molar-refractivity contribution is -0.151. The molecule has 2 N–H and O–H groups in total. The second kappa shape index (κ2) is 9.07. The fraction of sp³-hybridized carbons (Fsp3) is 0.517. The molecule has 35 heavy (non-hydrogen) atoms. The quantitative estimate of drug-likeness (QED) is 0.372. The summed E-state index contributed by atoms with van der Waals surface area (Å²) in [6.45, 7) is 8.84. The molecule has 0 radical (unpaired) electrons. The Bertz CT molecular complexity index is 1170. The number of hydrogen-bond acceptors (Lipinski definition) is 6. The molecule has 0 bridgehead atoms. The Hall–Kier alpha value is -2.70. The maximum atomic E-state index is 12.7. The van der Waals surface area contributed by atoms with Crippen LogP contribution in [0.3, 0.4) is 0 Å². The molecule has 2 aromatic rings. The highest BCUT2D eigenvalue weighted by molar-refractivity contribution is 5.92. The van der Waals surface area contributed by atoms with Gasteiger partial charge in [-0.05, 0) is 67.6 Å². The summed E-state index contributed by atoms with van der Waals surface area (Å²) >= 11 is 0. The molecule has 5 rings (SSSR count). The third-order valence-corrected chi connectivity index (χ3v) is 9.09. The zero-order valence-electron chi connectivity index (χ0n) is 20.6. The number of allylic oxidation sites excluding steroid dienone is 2. The molecule has 0 spiro atoms. The van der Waals surface area contributed by atoms with E-state index in [0.29, 0.717) is 24.2 Å². The van der Waals surface area contributed by atoms with E-state index in [0.717, 1.165) is 30.2 Å². The number of carbonyl (C=O) groups is 1. The van der Waals surface area contributed by atoms with Crippen LogP contribution in [0, 0.1) is 22.7 Å². The van der Waals surface area contributed by atoms with Gasteiger partial charge in [0.1, 0.15) is 12.4 Å². The number of ether oxygens (including phenoxy) is 2. The van der Waals surface area contributed by atoms with Gasteiger partial charge in [0.25, 0.3) is 0 Å². The van der Waals surface area contributed by atoms with Crippen molar-refractivity contribution in [2.45, 2.75) is 58.2 Å². The highest BCUT2D eigenvalue weighted by Gasteiger charge is 2.57. The normalized spacial score (nSPS) is 36.3. The fourth-order valence-electron chi connectivity index (χ4n) is 6.97. The first-order valence-corrected chi connectivity index (χ1v) is 12.6. The first kappa shape index (κ1) is 24.0. The zero-order valence-corrected chi connectivity index (χ0v) is 20.6. The van der Waals surface area contributed by atoms with E-state index in [1.54, 1.807) is 6.20 Å². The number of esters is 1. The topological polar surface area (TPSA) is 88.9 Å². The van der Waals surface area contributed by atoms with Crippen molar-refractivity contribution in [3.63, 3.8) is 0 Å². The number of rotatable bonds is 5. The van der Waals surface area contributed by atoms with Gasteiger partial charge in [0.15, 0.2) is 6.10 Å². The van der Waals surface area contributed by atoms with E-state index < -0.39 is 17.6 Å². The third kappa shape index (κ3) is 3.97. The van der Waals surface area contributed by atoms with Crippen molar-refractivity contribution in [1.82, 2.24) is 4.98 Å².